The van der Waals surface area contributed by atoms with E-state index in [-0.39, 0.29) is 11.8 Å². The first kappa shape index (κ1) is 11.5. The fourth-order valence-corrected chi connectivity index (χ4v) is 1.08. The van der Waals surface area contributed by atoms with Crippen LogP contribution in [0, 0.1) is 0 Å². The van der Waals surface area contributed by atoms with Crippen LogP contribution in [0.2, 0.25) is 0 Å². The van der Waals surface area contributed by atoms with Crippen molar-refractivity contribution in [3.63, 3.8) is 0 Å². The second-order valence-corrected chi connectivity index (χ2v) is 3.46. The Morgan fingerprint density at radius 1 is 1.53 bits per heavy atom. The summed E-state index contributed by atoms with van der Waals surface area (Å²) < 4.78 is 6.60. The van der Waals surface area contributed by atoms with Crippen molar-refractivity contribution in [3.8, 4) is 0 Å². The minimum atomic E-state index is -0.555. The van der Waals surface area contributed by atoms with Gasteiger partial charge in [-0.3, -0.25) is 14.3 Å². The van der Waals surface area contributed by atoms with Gasteiger partial charge in [-0.05, 0) is 13.8 Å². The van der Waals surface area contributed by atoms with Crippen LogP contribution in [0.3, 0.4) is 0 Å². The molecule has 0 spiro atoms. The average Bonchev–Trinajstić information content (AvgIpc) is 2.13. The van der Waals surface area contributed by atoms with Crippen LogP contribution in [-0.4, -0.2) is 22.3 Å². The smallest absolute Gasteiger partial charge is 0.328 e. The third kappa shape index (κ3) is 3.25. The van der Waals surface area contributed by atoms with E-state index >= 15 is 0 Å². The quantitative estimate of drug-likeness (QED) is 0.708. The highest BCUT2D eigenvalue weighted by molar-refractivity contribution is 5.30. The molecular weight excluding hydrogens is 198 g/mol. The van der Waals surface area contributed by atoms with E-state index in [9.17, 15) is 9.59 Å². The van der Waals surface area contributed by atoms with Crippen molar-refractivity contribution in [1.82, 2.24) is 9.55 Å². The molecule has 0 aliphatic heterocycles. The van der Waals surface area contributed by atoms with Gasteiger partial charge in [0.15, 0.2) is 0 Å². The van der Waals surface area contributed by atoms with Gasteiger partial charge in [-0.25, -0.2) is 4.79 Å². The van der Waals surface area contributed by atoms with Crippen molar-refractivity contribution in [2.24, 2.45) is 0 Å². The Labute approximate surface area is 86.7 Å². The van der Waals surface area contributed by atoms with E-state index in [4.69, 9.17) is 10.5 Å². The highest BCUT2D eigenvalue weighted by Crippen LogP contribution is 1.90. The molecule has 0 unspecified atom stereocenters. The van der Waals surface area contributed by atoms with Gasteiger partial charge < -0.3 is 10.5 Å². The zero-order valence-electron chi connectivity index (χ0n) is 8.82. The first-order valence-electron chi connectivity index (χ1n) is 4.71. The molecular formula is C9H15N3O3. The summed E-state index contributed by atoms with van der Waals surface area (Å²) in [5, 5.41) is 0. The summed E-state index contributed by atoms with van der Waals surface area (Å²) in [6.45, 7) is 4.59. The molecule has 84 valence electrons. The molecule has 0 bridgehead atoms. The van der Waals surface area contributed by atoms with Crippen LogP contribution in [0.25, 0.3) is 0 Å². The number of nitrogens with two attached hydrogens (primary N) is 1. The molecule has 1 heterocycles. The summed E-state index contributed by atoms with van der Waals surface area (Å²) in [6.07, 6.45) is 1.44. The van der Waals surface area contributed by atoms with Crippen LogP contribution in [0.15, 0.2) is 15.8 Å². The standard InChI is InChI=1S/C9H15N3O3/c1-6(2)15-4-3-12-5-7(10)8(13)11-9(12)14/h5-6H,3-4,10H2,1-2H3,(H,11,13,14). The van der Waals surface area contributed by atoms with Crippen LogP contribution in [-0.2, 0) is 11.3 Å². The van der Waals surface area contributed by atoms with Crippen molar-refractivity contribution < 1.29 is 4.74 Å². The molecule has 1 aromatic rings. The zero-order valence-corrected chi connectivity index (χ0v) is 8.82. The lowest BCUT2D eigenvalue weighted by molar-refractivity contribution is 0.0720. The number of aromatic amines is 1. The van der Waals surface area contributed by atoms with Crippen LogP contribution in [0.1, 0.15) is 13.8 Å². The van der Waals surface area contributed by atoms with Crippen LogP contribution in [0.4, 0.5) is 5.69 Å². The molecule has 0 saturated carbocycles. The third-order valence-electron chi connectivity index (χ3n) is 1.82. The van der Waals surface area contributed by atoms with Crippen LogP contribution in [0.5, 0.6) is 0 Å². The van der Waals surface area contributed by atoms with Crippen LogP contribution >= 0.6 is 0 Å². The molecule has 0 atom stereocenters. The lowest BCUT2D eigenvalue weighted by atomic mass is 10.5. The van der Waals surface area contributed by atoms with Gasteiger partial charge in [-0.2, -0.15) is 0 Å². The lowest BCUT2D eigenvalue weighted by Gasteiger charge is -2.08. The Morgan fingerprint density at radius 3 is 2.80 bits per heavy atom. The zero-order chi connectivity index (χ0) is 11.4. The predicted molar refractivity (Wildman–Crippen MR) is 56.8 cm³/mol. The van der Waals surface area contributed by atoms with Gasteiger partial charge in [0.2, 0.25) is 0 Å². The third-order valence-corrected chi connectivity index (χ3v) is 1.82. The number of aromatic nitrogens is 2. The van der Waals surface area contributed by atoms with Crippen molar-refractivity contribution in [2.75, 3.05) is 12.3 Å². The predicted octanol–water partition coefficient (Wildman–Crippen LogP) is -0.456. The molecule has 0 aliphatic rings. The van der Waals surface area contributed by atoms with Crippen molar-refractivity contribution in [1.29, 1.82) is 0 Å². The van der Waals surface area contributed by atoms with Gasteiger partial charge in [0.25, 0.3) is 5.56 Å². The minimum absolute atomic E-state index is 0.0270. The topological polar surface area (TPSA) is 90.1 Å². The maximum atomic E-state index is 11.3. The maximum Gasteiger partial charge on any atom is 0.328 e. The number of nitrogens with zero attached hydrogens (tertiary/aromatic N) is 1. The Bertz CT molecular complexity index is 433. The van der Waals surface area contributed by atoms with E-state index in [1.54, 1.807) is 0 Å². The van der Waals surface area contributed by atoms with Gasteiger partial charge >= 0.3 is 5.69 Å². The molecule has 15 heavy (non-hydrogen) atoms. The number of nitrogen functional groups attached to an aromatic ring is 1. The molecule has 0 aromatic carbocycles. The number of H-pyrrole nitrogens is 1. The average molecular weight is 213 g/mol. The first-order valence-corrected chi connectivity index (χ1v) is 4.71. The summed E-state index contributed by atoms with van der Waals surface area (Å²) in [5.41, 5.74) is 4.38. The molecule has 0 amide bonds. The van der Waals surface area contributed by atoms with E-state index in [0.29, 0.717) is 13.2 Å². The lowest BCUT2D eigenvalue weighted by Crippen LogP contribution is -2.32. The number of hydrogen-bond acceptors (Lipinski definition) is 4. The molecule has 0 radical (unpaired) electrons. The van der Waals surface area contributed by atoms with Gasteiger partial charge in [0.05, 0.1) is 19.3 Å². The maximum absolute atomic E-state index is 11.3. The number of nitrogens with one attached hydrogen (secondary N) is 1. The molecule has 6 nitrogen and oxygen atoms in total. The highest BCUT2D eigenvalue weighted by atomic mass is 16.5. The second kappa shape index (κ2) is 4.79. The number of rotatable bonds is 4. The summed E-state index contributed by atoms with van der Waals surface area (Å²) in [5.74, 6) is 0. The summed E-state index contributed by atoms with van der Waals surface area (Å²) in [4.78, 5) is 24.3. The van der Waals surface area contributed by atoms with Crippen molar-refractivity contribution in [2.45, 2.75) is 26.5 Å². The highest BCUT2D eigenvalue weighted by Gasteiger charge is 2.01. The molecule has 0 fully saturated rings. The van der Waals surface area contributed by atoms with E-state index in [0.717, 1.165) is 0 Å². The largest absolute Gasteiger partial charge is 0.393 e. The fraction of sp³-hybridized carbons (Fsp3) is 0.556. The first-order chi connectivity index (χ1) is 7.00. The second-order valence-electron chi connectivity index (χ2n) is 3.46. The SMILES string of the molecule is CC(C)OCCn1cc(N)c(=O)[nH]c1=O. The molecule has 1 aromatic heterocycles. The van der Waals surface area contributed by atoms with Gasteiger partial charge in [-0.1, -0.05) is 0 Å². The van der Waals surface area contributed by atoms with Crippen LogP contribution < -0.4 is 17.0 Å². The Hall–Kier alpha value is -1.56. The molecule has 0 aliphatic carbocycles. The molecule has 6 heteroatoms. The summed E-state index contributed by atoms with van der Waals surface area (Å²) in [6, 6.07) is 0. The van der Waals surface area contributed by atoms with Gasteiger partial charge in [0, 0.05) is 6.20 Å². The molecule has 3 N–H and O–H groups in total. The Kier molecular flexibility index (Phi) is 3.68. The minimum Gasteiger partial charge on any atom is -0.393 e. The number of ether oxygens (including phenoxy) is 1. The number of anilines is 1. The Morgan fingerprint density at radius 2 is 2.20 bits per heavy atom. The fourth-order valence-electron chi connectivity index (χ4n) is 1.08. The van der Waals surface area contributed by atoms with Crippen molar-refractivity contribution >= 4 is 5.69 Å². The van der Waals surface area contributed by atoms with Gasteiger partial charge in [0.1, 0.15) is 5.69 Å². The summed E-state index contributed by atoms with van der Waals surface area (Å²) in [7, 11) is 0. The summed E-state index contributed by atoms with van der Waals surface area (Å²) >= 11 is 0. The molecule has 0 saturated heterocycles. The van der Waals surface area contributed by atoms with E-state index in [1.165, 1.54) is 10.8 Å². The normalized spacial score (nSPS) is 10.9. The Balaban J connectivity index is 2.74. The monoisotopic (exact) mass is 213 g/mol. The van der Waals surface area contributed by atoms with E-state index in [2.05, 4.69) is 4.98 Å². The van der Waals surface area contributed by atoms with E-state index in [1.807, 2.05) is 13.8 Å². The molecule has 1 rings (SSSR count). The van der Waals surface area contributed by atoms with Crippen molar-refractivity contribution in [3.05, 3.63) is 27.0 Å². The van der Waals surface area contributed by atoms with Gasteiger partial charge in [-0.15, -0.1) is 0 Å². The van der Waals surface area contributed by atoms with E-state index < -0.39 is 11.2 Å². The number of hydrogen-bond donors (Lipinski definition) is 2.